The Hall–Kier alpha value is -11.5. The minimum atomic E-state index is 0.432. The number of oxazole rings is 1. The molecule has 17 aromatic rings. The molecule has 0 amide bonds. The normalized spacial score (nSPS) is 10.7. The molecule has 102 heavy (non-hydrogen) atoms. The molecule has 16 N–H and O–H groups in total. The summed E-state index contributed by atoms with van der Waals surface area (Å²) in [5.41, 5.74) is 10.9. The minimum absolute atomic E-state index is 0.432. The fourth-order valence-electron chi connectivity index (χ4n) is 7.69. The van der Waals surface area contributed by atoms with Gasteiger partial charge >= 0.3 is 0 Å². The van der Waals surface area contributed by atoms with Crippen molar-refractivity contribution in [2.75, 3.05) is 13.2 Å². The first kappa shape index (κ1) is 76.3. The van der Waals surface area contributed by atoms with Crippen molar-refractivity contribution in [2.24, 2.45) is 4.99 Å². The molecule has 7 aromatic carbocycles. The van der Waals surface area contributed by atoms with Crippen molar-refractivity contribution in [3.8, 4) is 17.1 Å². The average Bonchev–Trinajstić information content (AvgIpc) is 1.74. The number of nitrogens with zero attached hydrogens (tertiary/aromatic N) is 11. The molecule has 2 aliphatic rings. The number of aliphatic imine (C=N–C) groups is 1. The highest BCUT2D eigenvalue weighted by Gasteiger charge is 2.00. The van der Waals surface area contributed by atoms with E-state index in [-0.39, 0.29) is 0 Å². The highest BCUT2D eigenvalue weighted by Crippen LogP contribution is 2.18. The molecule has 0 atom stereocenters. The summed E-state index contributed by atoms with van der Waals surface area (Å²) in [6, 6.07) is 60.4. The second-order valence-electron chi connectivity index (χ2n) is 19.2. The number of thiazole rings is 1. The van der Waals surface area contributed by atoms with Gasteiger partial charge in [-0.05, 0) is 182 Å². The Morgan fingerprint density at radius 2 is 1.06 bits per heavy atom. The van der Waals surface area contributed by atoms with Crippen LogP contribution in [0.2, 0.25) is 0 Å². The Kier molecular flexibility index (Phi) is 32.8. The second-order valence-corrected chi connectivity index (χ2v) is 25.2. The molecule has 2 aliphatic heterocycles. The maximum atomic E-state index is 5.13. The van der Waals surface area contributed by atoms with Gasteiger partial charge in [-0.25, -0.2) is 14.6 Å². The van der Waals surface area contributed by atoms with Crippen LogP contribution in [-0.2, 0) is 0 Å². The molecule has 0 saturated heterocycles. The van der Waals surface area contributed by atoms with E-state index < -0.39 is 0 Å². The van der Waals surface area contributed by atoms with Gasteiger partial charge in [-0.2, -0.15) is 25.8 Å². The molecule has 518 valence electrons. The molecule has 0 spiro atoms. The van der Waals surface area contributed by atoms with Crippen LogP contribution in [0.1, 0.15) is 0 Å². The van der Waals surface area contributed by atoms with Crippen LogP contribution in [0.4, 0.5) is 0 Å². The Bertz CT molecular complexity index is 5240. The SMILES string of the molecule is C1=CNCC=N1.C1=CNCN1.S=c1[nH][nH]c(=S)s1.S=c1[nH]c2ccccc2[nH]1.S=c1[nH]c2ccccc2o1.S=c1[nH]c2ccccc2s1.S=c1[nH]cc[nH]1.S=c1nccc[nH]1.S=c1nn[nH]n1-c1ccccc1.c1ccc(-c2nn[nH]n2)cc1.c1ccc2[nH]cnc2c1.c1ccc2n[nH]nc2c1. The lowest BCUT2D eigenvalue weighted by Crippen LogP contribution is -2.10. The van der Waals surface area contributed by atoms with E-state index in [1.54, 1.807) is 59.4 Å². The maximum absolute atomic E-state index is 5.13. The van der Waals surface area contributed by atoms with Gasteiger partial charge in [0.25, 0.3) is 4.84 Å². The highest BCUT2D eigenvalue weighted by molar-refractivity contribution is 7.76. The number of imidazole rings is 3. The van der Waals surface area contributed by atoms with Crippen LogP contribution in [0.5, 0.6) is 0 Å². The number of para-hydroxylation sites is 10. The van der Waals surface area contributed by atoms with Gasteiger partial charge in [0.05, 0.1) is 56.5 Å². The number of hydrogen-bond donors (Lipinski definition) is 16. The standard InChI is InChI=1S/C7H6N4S.C7H6N4.C7H6N2S.C7H6N2.C7H5NOS.C7H5NS2.C6H5N3.C4H4N2S.C4H6N2.C3H4N2S.C3H6N2.C2H2N2S3/c12-7-8-9-10-11(7)6-4-2-1-3-5-6;1-2-4-6(5-3-1)7-8-10-11-9-7;10-7-8-5-3-1-2-4-6(5)9-7;1-2-4-7-6(3-1)8-5-9-7;10-7-8-5-3-1-2-4-6(5)9-7;9-7-8-5-3-1-2-4-6(5)10-7;1-2-4-6-5(3-1)7-9-8-6;7-4-5-2-1-3-6-4;1-2-6-4-3-5-1;6-3-4-1-2-5-3;1-2-5-3-4-1;5-1-3-4-2(6)7-1/h1-5H,(H,8,10,12);1-5H,(H,8,9,10,11);1-4H,(H2,8,9,10);1-5H,(H,8,9);1-4H,(H,8,10);1-4H,(H,8,9);1-4H,(H,7,8,9);1-3H,(H,5,6,7);1-3,6H,4H2;1-2H,(H2,4,5,6);1-2,4-5H,3H2;(H,3,5)(H,4,6). The molecule has 0 unspecified atom stereocenters. The lowest BCUT2D eigenvalue weighted by atomic mass is 10.2. The largest absolute Gasteiger partial charge is 0.429 e. The lowest BCUT2D eigenvalue weighted by Gasteiger charge is -1.97. The lowest BCUT2D eigenvalue weighted by molar-refractivity contribution is 0.583. The van der Waals surface area contributed by atoms with Crippen molar-refractivity contribution >= 4 is 181 Å². The zero-order valence-electron chi connectivity index (χ0n) is 53.0. The van der Waals surface area contributed by atoms with E-state index in [0.717, 1.165) is 78.1 Å². The highest BCUT2D eigenvalue weighted by atomic mass is 32.2. The van der Waals surface area contributed by atoms with Crippen molar-refractivity contribution in [3.63, 3.8) is 0 Å². The van der Waals surface area contributed by atoms with Gasteiger partial charge in [0.2, 0.25) is 10.6 Å². The summed E-state index contributed by atoms with van der Waals surface area (Å²) in [6.07, 6.45) is 17.7. The average molecular weight is 1550 g/mol. The number of tetrazole rings is 2. The van der Waals surface area contributed by atoms with E-state index in [4.69, 9.17) is 77.7 Å². The van der Waals surface area contributed by atoms with Crippen molar-refractivity contribution < 1.29 is 4.42 Å². The summed E-state index contributed by atoms with van der Waals surface area (Å²) >= 11 is 41.2. The molecule has 0 fully saturated rings. The Morgan fingerprint density at radius 1 is 0.451 bits per heavy atom. The predicted octanol–water partition coefficient (Wildman–Crippen LogP) is 16.2. The second kappa shape index (κ2) is 43.8. The molecule has 19 rings (SSSR count). The molecule has 0 bridgehead atoms. The number of aromatic nitrogens is 23. The summed E-state index contributed by atoms with van der Waals surface area (Å²) in [6.45, 7) is 1.76. The summed E-state index contributed by atoms with van der Waals surface area (Å²) < 4.78 is 12.6. The molecule has 0 radical (unpaired) electrons. The quantitative estimate of drug-likeness (QED) is 0.0715. The predicted molar refractivity (Wildman–Crippen MR) is 424 cm³/mol. The Balaban J connectivity index is 0.000000142. The van der Waals surface area contributed by atoms with Crippen LogP contribution in [0.15, 0.2) is 253 Å². The van der Waals surface area contributed by atoms with Crippen LogP contribution < -0.4 is 16.0 Å². The van der Waals surface area contributed by atoms with Gasteiger partial charge < -0.3 is 60.2 Å². The molecule has 28 nitrogen and oxygen atoms in total. The zero-order chi connectivity index (χ0) is 71.6. The molecule has 0 saturated carbocycles. The monoisotopic (exact) mass is 1540 g/mol. The van der Waals surface area contributed by atoms with Crippen molar-refractivity contribution in [1.29, 1.82) is 0 Å². The summed E-state index contributed by atoms with van der Waals surface area (Å²) in [7, 11) is 0. The molecule has 0 aliphatic carbocycles. The third kappa shape index (κ3) is 28.0. The number of benzene rings is 7. The van der Waals surface area contributed by atoms with Gasteiger partial charge in [0, 0.05) is 67.9 Å². The van der Waals surface area contributed by atoms with Crippen LogP contribution in [0.25, 0.3) is 71.5 Å². The van der Waals surface area contributed by atoms with Crippen LogP contribution in [0, 0.1) is 35.8 Å². The van der Waals surface area contributed by atoms with Crippen molar-refractivity contribution in [2.45, 2.75) is 0 Å². The molecule has 12 heterocycles. The summed E-state index contributed by atoms with van der Waals surface area (Å²) in [5.74, 6) is 0.630. The van der Waals surface area contributed by atoms with Gasteiger partial charge in [0.1, 0.15) is 11.0 Å². The van der Waals surface area contributed by atoms with E-state index >= 15 is 0 Å². The first-order chi connectivity index (χ1) is 49.9. The van der Waals surface area contributed by atoms with Gasteiger partial charge in [-0.3, -0.25) is 15.2 Å². The van der Waals surface area contributed by atoms with Crippen LogP contribution in [0.3, 0.4) is 0 Å². The first-order valence-corrected chi connectivity index (χ1v) is 34.7. The van der Waals surface area contributed by atoms with E-state index in [2.05, 4.69) is 163 Å². The minimum Gasteiger partial charge on any atom is -0.429 e. The van der Waals surface area contributed by atoms with Crippen LogP contribution in [-0.4, -0.2) is 136 Å². The zero-order valence-corrected chi connectivity index (χ0v) is 61.2. The van der Waals surface area contributed by atoms with Gasteiger partial charge in [0.15, 0.2) is 31.8 Å². The maximum Gasteiger partial charge on any atom is 0.266 e. The molecular formula is C64H61N27OS10. The van der Waals surface area contributed by atoms with E-state index in [9.17, 15) is 0 Å². The third-order valence-electron chi connectivity index (χ3n) is 12.2. The topological polar surface area (TPSA) is 388 Å². The molecule has 10 aromatic heterocycles. The molecular weight excluding hydrogens is 1480 g/mol. The number of fused-ring (bicyclic) bond motifs is 5. The van der Waals surface area contributed by atoms with Gasteiger partial charge in [-0.1, -0.05) is 131 Å². The summed E-state index contributed by atoms with van der Waals surface area (Å²) in [5, 5.41) is 47.9. The third-order valence-corrected chi connectivity index (χ3v) is 15.8. The van der Waals surface area contributed by atoms with E-state index in [1.165, 1.54) is 16.0 Å². The Morgan fingerprint density at radius 3 is 1.54 bits per heavy atom. The van der Waals surface area contributed by atoms with Crippen LogP contribution >= 0.6 is 120 Å². The molecule has 38 heteroatoms. The smallest absolute Gasteiger partial charge is 0.266 e. The fourth-order valence-corrected chi connectivity index (χ4v) is 10.8. The Labute approximate surface area is 627 Å². The summed E-state index contributed by atoms with van der Waals surface area (Å²) in [4.78, 5) is 35.3. The number of hydrogen-bond acceptors (Lipinski definition) is 24. The van der Waals surface area contributed by atoms with E-state index in [0.29, 0.717) is 37.7 Å². The number of aromatic amines is 13. The first-order valence-electron chi connectivity index (χ1n) is 29.8. The van der Waals surface area contributed by atoms with Gasteiger partial charge in [-0.15, -0.1) is 21.5 Å². The number of nitrogens with one attached hydrogen (secondary N) is 16. The fraction of sp³-hybridized carbons (Fsp3) is 0.0312. The number of H-pyrrole nitrogens is 13. The van der Waals surface area contributed by atoms with E-state index in [1.807, 2.05) is 201 Å². The van der Waals surface area contributed by atoms with Crippen molar-refractivity contribution in [3.05, 3.63) is 280 Å². The van der Waals surface area contributed by atoms with Crippen molar-refractivity contribution in [1.82, 2.24) is 132 Å². The number of rotatable bonds is 2.